The lowest BCUT2D eigenvalue weighted by molar-refractivity contribution is -0.116. The molecule has 0 saturated carbocycles. The first-order valence-corrected chi connectivity index (χ1v) is 5.52. The highest BCUT2D eigenvalue weighted by Gasteiger charge is 2.20. The summed E-state index contributed by atoms with van der Waals surface area (Å²) in [6, 6.07) is 1.71. The number of fused-ring (bicyclic) bond motifs is 1. The molecule has 0 aromatic carbocycles. The van der Waals surface area contributed by atoms with E-state index in [1.807, 2.05) is 0 Å². The van der Waals surface area contributed by atoms with E-state index in [1.165, 1.54) is 6.20 Å². The smallest absolute Gasteiger partial charge is 0.281 e. The molecule has 0 fully saturated rings. The van der Waals surface area contributed by atoms with Gasteiger partial charge in [0.15, 0.2) is 5.69 Å². The van der Waals surface area contributed by atoms with Gasteiger partial charge >= 0.3 is 0 Å². The molecule has 0 radical (unpaired) electrons. The zero-order chi connectivity index (χ0) is 13.0. The van der Waals surface area contributed by atoms with E-state index in [4.69, 9.17) is 5.73 Å². The molecule has 2 amide bonds. The lowest BCUT2D eigenvalue weighted by atomic mass is 10.2. The van der Waals surface area contributed by atoms with E-state index < -0.39 is 5.91 Å². The van der Waals surface area contributed by atoms with Crippen LogP contribution in [0.5, 0.6) is 0 Å². The number of pyridine rings is 1. The quantitative estimate of drug-likeness (QED) is 0.718. The number of carbonyl (C=O) groups excluding carboxylic acids is 2. The van der Waals surface area contributed by atoms with Crippen LogP contribution < -0.4 is 5.73 Å². The van der Waals surface area contributed by atoms with Crippen molar-refractivity contribution in [1.29, 1.82) is 0 Å². The van der Waals surface area contributed by atoms with Gasteiger partial charge in [0.2, 0.25) is 6.41 Å². The van der Waals surface area contributed by atoms with Crippen LogP contribution in [0, 0.1) is 0 Å². The van der Waals surface area contributed by atoms with E-state index in [0.29, 0.717) is 30.3 Å². The van der Waals surface area contributed by atoms with Crippen LogP contribution in [0.3, 0.4) is 0 Å². The third kappa shape index (κ3) is 2.21. The van der Waals surface area contributed by atoms with Crippen LogP contribution in [0.2, 0.25) is 0 Å². The van der Waals surface area contributed by atoms with E-state index >= 15 is 0 Å². The van der Waals surface area contributed by atoms with Gasteiger partial charge in [0.1, 0.15) is 0 Å². The maximum Gasteiger partial charge on any atom is 0.281 e. The molecule has 3 N–H and O–H groups in total. The fourth-order valence-corrected chi connectivity index (χ4v) is 1.62. The van der Waals surface area contributed by atoms with Crippen molar-refractivity contribution in [3.05, 3.63) is 24.2 Å². The number of hydrogen-bond acceptors (Lipinski definition) is 5. The highest BCUT2D eigenvalue weighted by atomic mass is 16.2. The molecule has 0 unspecified atom stereocenters. The molecule has 0 spiro atoms. The van der Waals surface area contributed by atoms with E-state index in [2.05, 4.69) is 15.2 Å². The molecule has 0 aliphatic carbocycles. The second kappa shape index (κ2) is 5.37. The second-order valence-corrected chi connectivity index (χ2v) is 3.74. The van der Waals surface area contributed by atoms with Crippen LogP contribution >= 0.6 is 0 Å². The van der Waals surface area contributed by atoms with Gasteiger partial charge in [0, 0.05) is 18.9 Å². The molecule has 0 saturated heterocycles. The maximum absolute atomic E-state index is 12.1. The summed E-state index contributed by atoms with van der Waals surface area (Å²) in [5.41, 5.74) is 6.26. The van der Waals surface area contributed by atoms with Crippen molar-refractivity contribution in [2.45, 2.75) is 6.42 Å². The Labute approximate surface area is 103 Å². The molecule has 2 aromatic rings. The van der Waals surface area contributed by atoms with Gasteiger partial charge in [0.05, 0.1) is 10.9 Å². The number of H-pyrrole nitrogens is 1. The molecule has 7 nitrogen and oxygen atoms in total. The van der Waals surface area contributed by atoms with Crippen LogP contribution in [-0.2, 0) is 4.79 Å². The van der Waals surface area contributed by atoms with Crippen LogP contribution in [0.25, 0.3) is 10.9 Å². The minimum absolute atomic E-state index is 0.197. The number of carbonyl (C=O) groups is 2. The summed E-state index contributed by atoms with van der Waals surface area (Å²) in [5, 5.41) is 7.25. The summed E-state index contributed by atoms with van der Waals surface area (Å²) in [7, 11) is 0. The molecular formula is C11H13N5O2. The van der Waals surface area contributed by atoms with E-state index in [1.54, 1.807) is 12.3 Å². The SMILES string of the molecule is NCCCN(C=O)C(=O)c1n[nH]c2ccncc12. The predicted molar refractivity (Wildman–Crippen MR) is 64.7 cm³/mol. The first-order chi connectivity index (χ1) is 8.77. The van der Waals surface area contributed by atoms with Gasteiger partial charge < -0.3 is 5.73 Å². The summed E-state index contributed by atoms with van der Waals surface area (Å²) >= 11 is 0. The fourth-order valence-electron chi connectivity index (χ4n) is 1.62. The monoisotopic (exact) mass is 247 g/mol. The van der Waals surface area contributed by atoms with Gasteiger partial charge in [0.25, 0.3) is 5.91 Å². The van der Waals surface area contributed by atoms with E-state index in [-0.39, 0.29) is 12.2 Å². The zero-order valence-electron chi connectivity index (χ0n) is 9.67. The molecule has 2 heterocycles. The summed E-state index contributed by atoms with van der Waals surface area (Å²) in [6.45, 7) is 0.702. The molecular weight excluding hydrogens is 234 g/mol. The number of amides is 2. The van der Waals surface area contributed by atoms with Gasteiger partial charge in [-0.1, -0.05) is 0 Å². The number of aromatic nitrogens is 3. The Hall–Kier alpha value is -2.28. The summed E-state index contributed by atoms with van der Waals surface area (Å²) in [5.74, 6) is -0.447. The van der Waals surface area contributed by atoms with Crippen LogP contribution in [0.1, 0.15) is 16.9 Å². The van der Waals surface area contributed by atoms with Gasteiger partial charge in [-0.3, -0.25) is 24.6 Å². The first kappa shape index (κ1) is 12.2. The lowest BCUT2D eigenvalue weighted by Crippen LogP contribution is -2.32. The molecule has 18 heavy (non-hydrogen) atoms. The van der Waals surface area contributed by atoms with Crippen molar-refractivity contribution in [1.82, 2.24) is 20.1 Å². The topological polar surface area (TPSA) is 105 Å². The summed E-state index contributed by atoms with van der Waals surface area (Å²) in [4.78, 5) is 28.0. The summed E-state index contributed by atoms with van der Waals surface area (Å²) in [6.07, 6.45) is 4.19. The highest BCUT2D eigenvalue weighted by Crippen LogP contribution is 2.15. The standard InChI is InChI=1S/C11H13N5O2/c12-3-1-5-16(7-17)11(18)10-8-6-13-4-2-9(8)14-15-10/h2,4,6-7H,1,3,5,12H2,(H,14,15). The van der Waals surface area contributed by atoms with Gasteiger partial charge in [-0.25, -0.2) is 0 Å². The largest absolute Gasteiger partial charge is 0.330 e. The van der Waals surface area contributed by atoms with Crippen molar-refractivity contribution in [3.8, 4) is 0 Å². The number of nitrogens with two attached hydrogens (primary N) is 1. The average molecular weight is 247 g/mol. The van der Waals surface area contributed by atoms with Gasteiger partial charge in [-0.15, -0.1) is 0 Å². The van der Waals surface area contributed by atoms with Crippen LogP contribution in [0.4, 0.5) is 0 Å². The molecule has 0 bridgehead atoms. The van der Waals surface area contributed by atoms with Crippen molar-refractivity contribution in [3.63, 3.8) is 0 Å². The minimum atomic E-state index is -0.447. The molecule has 0 aliphatic rings. The normalized spacial score (nSPS) is 10.5. The third-order valence-corrected chi connectivity index (χ3v) is 2.56. The Balaban J connectivity index is 2.29. The Bertz CT molecular complexity index is 565. The van der Waals surface area contributed by atoms with Gasteiger partial charge in [-0.2, -0.15) is 5.10 Å². The van der Waals surface area contributed by atoms with Crippen molar-refractivity contribution in [2.75, 3.05) is 13.1 Å². The number of nitrogens with one attached hydrogen (secondary N) is 1. The van der Waals surface area contributed by atoms with E-state index in [9.17, 15) is 9.59 Å². The molecule has 0 atom stereocenters. The zero-order valence-corrected chi connectivity index (χ0v) is 9.67. The molecule has 0 aliphatic heterocycles. The predicted octanol–water partition coefficient (Wildman–Crippen LogP) is -0.0947. The van der Waals surface area contributed by atoms with Crippen molar-refractivity contribution >= 4 is 23.2 Å². The number of imide groups is 1. The maximum atomic E-state index is 12.1. The highest BCUT2D eigenvalue weighted by molar-refractivity contribution is 6.07. The lowest BCUT2D eigenvalue weighted by Gasteiger charge is -2.13. The second-order valence-electron chi connectivity index (χ2n) is 3.74. The Kier molecular flexibility index (Phi) is 3.63. The Morgan fingerprint density at radius 2 is 2.39 bits per heavy atom. The third-order valence-electron chi connectivity index (χ3n) is 2.56. The number of aromatic amines is 1. The molecule has 94 valence electrons. The Morgan fingerprint density at radius 3 is 3.11 bits per heavy atom. The number of rotatable bonds is 5. The van der Waals surface area contributed by atoms with Gasteiger partial charge in [-0.05, 0) is 19.0 Å². The van der Waals surface area contributed by atoms with Crippen molar-refractivity contribution < 1.29 is 9.59 Å². The van der Waals surface area contributed by atoms with Crippen molar-refractivity contribution in [2.24, 2.45) is 5.73 Å². The first-order valence-electron chi connectivity index (χ1n) is 5.52. The number of nitrogens with zero attached hydrogens (tertiary/aromatic N) is 3. The molecule has 7 heteroatoms. The molecule has 2 aromatic heterocycles. The average Bonchev–Trinajstić information content (AvgIpc) is 2.83. The van der Waals surface area contributed by atoms with E-state index in [0.717, 1.165) is 4.90 Å². The minimum Gasteiger partial charge on any atom is -0.330 e. The van der Waals surface area contributed by atoms with Crippen LogP contribution in [0.15, 0.2) is 18.5 Å². The number of hydrogen-bond donors (Lipinski definition) is 2. The molecule has 2 rings (SSSR count). The Morgan fingerprint density at radius 1 is 1.56 bits per heavy atom. The fraction of sp³-hybridized carbons (Fsp3) is 0.273. The summed E-state index contributed by atoms with van der Waals surface area (Å²) < 4.78 is 0. The van der Waals surface area contributed by atoms with Crippen LogP contribution in [-0.4, -0.2) is 45.5 Å².